The normalized spacial score (nSPS) is 11.4. The molecular weight excluding hydrogens is 578 g/mol. The fourth-order valence-electron chi connectivity index (χ4n) is 3.97. The molecule has 40 heavy (non-hydrogen) atoms. The van der Waals surface area contributed by atoms with Gasteiger partial charge in [-0.05, 0) is 54.4 Å². The first-order valence-electron chi connectivity index (χ1n) is 12.5. The topological polar surface area (TPSA) is 135 Å². The highest BCUT2D eigenvalue weighted by Gasteiger charge is 2.17. The number of nitrogens with zero attached hydrogens (tertiary/aromatic N) is 3. The van der Waals surface area contributed by atoms with E-state index in [1.165, 1.54) is 12.4 Å². The molecule has 0 fully saturated rings. The first-order chi connectivity index (χ1) is 19.4. The standard InChI is InChI=1S/C29H28BrN5O5/c1-19(33-34-28(38)21-8-10-31-11-9-21)22-4-7-26-24(16-22)27(37)25(29(39)32-12-14-40-15-13-36)18-35(26)17-20-2-5-23(30)6-3-20/h2-11,16,18,36H,12-15,17H2,1H3,(H,32,39)(H,34,38)/b33-19+. The number of benzene rings is 2. The second-order valence-electron chi connectivity index (χ2n) is 8.82. The second kappa shape index (κ2) is 13.7. The van der Waals surface area contributed by atoms with E-state index in [4.69, 9.17) is 9.84 Å². The lowest BCUT2D eigenvalue weighted by molar-refractivity contribution is 0.0837. The van der Waals surface area contributed by atoms with Crippen LogP contribution < -0.4 is 16.2 Å². The van der Waals surface area contributed by atoms with Gasteiger partial charge in [0.05, 0.1) is 31.0 Å². The van der Waals surface area contributed by atoms with E-state index in [0.717, 1.165) is 10.0 Å². The largest absolute Gasteiger partial charge is 0.394 e. The van der Waals surface area contributed by atoms with E-state index < -0.39 is 11.3 Å². The van der Waals surface area contributed by atoms with Crippen molar-refractivity contribution in [2.75, 3.05) is 26.4 Å². The van der Waals surface area contributed by atoms with Crippen LogP contribution in [0.3, 0.4) is 0 Å². The van der Waals surface area contributed by atoms with Crippen LogP contribution in [-0.4, -0.2) is 58.5 Å². The Balaban J connectivity index is 1.68. The molecule has 0 radical (unpaired) electrons. The van der Waals surface area contributed by atoms with E-state index in [1.54, 1.807) is 37.4 Å². The molecule has 4 aromatic rings. The lowest BCUT2D eigenvalue weighted by Gasteiger charge is -2.15. The minimum atomic E-state index is -0.524. The van der Waals surface area contributed by atoms with Crippen molar-refractivity contribution in [2.45, 2.75) is 13.5 Å². The molecule has 11 heteroatoms. The summed E-state index contributed by atoms with van der Waals surface area (Å²) in [5, 5.41) is 16.1. The third kappa shape index (κ3) is 7.26. The molecular formula is C29H28BrN5O5. The number of aromatic nitrogens is 2. The van der Waals surface area contributed by atoms with E-state index in [9.17, 15) is 14.4 Å². The van der Waals surface area contributed by atoms with Crippen LogP contribution in [0.15, 0.2) is 87.6 Å². The molecule has 0 aliphatic carbocycles. The number of ether oxygens (including phenoxy) is 1. The van der Waals surface area contributed by atoms with Crippen molar-refractivity contribution in [1.82, 2.24) is 20.3 Å². The highest BCUT2D eigenvalue weighted by Crippen LogP contribution is 2.18. The van der Waals surface area contributed by atoms with Gasteiger partial charge in [0, 0.05) is 47.1 Å². The van der Waals surface area contributed by atoms with Crippen molar-refractivity contribution >= 4 is 44.4 Å². The minimum absolute atomic E-state index is 0.00972. The van der Waals surface area contributed by atoms with Gasteiger partial charge in [0.1, 0.15) is 5.56 Å². The van der Waals surface area contributed by atoms with Gasteiger partial charge in [-0.15, -0.1) is 0 Å². The van der Waals surface area contributed by atoms with Crippen LogP contribution in [-0.2, 0) is 11.3 Å². The zero-order valence-electron chi connectivity index (χ0n) is 21.8. The van der Waals surface area contributed by atoms with Gasteiger partial charge in [0.15, 0.2) is 0 Å². The van der Waals surface area contributed by atoms with Crippen LogP contribution in [0.1, 0.15) is 38.8 Å². The molecule has 0 aliphatic heterocycles. The number of pyridine rings is 2. The lowest BCUT2D eigenvalue weighted by atomic mass is 10.0. The Morgan fingerprint density at radius 3 is 2.50 bits per heavy atom. The number of hydrogen-bond acceptors (Lipinski definition) is 7. The Hall–Kier alpha value is -4.19. The van der Waals surface area contributed by atoms with Crippen molar-refractivity contribution < 1.29 is 19.4 Å². The van der Waals surface area contributed by atoms with Crippen LogP contribution in [0.25, 0.3) is 10.9 Å². The molecule has 10 nitrogen and oxygen atoms in total. The Bertz CT molecular complexity index is 1590. The first kappa shape index (κ1) is 28.8. The predicted molar refractivity (Wildman–Crippen MR) is 156 cm³/mol. The SMILES string of the molecule is C/C(=N\NC(=O)c1ccncc1)c1ccc2c(c1)c(=O)c(C(=O)NCCOCCO)cn2Cc1ccc(Br)cc1. The number of nitrogens with one attached hydrogen (secondary N) is 2. The van der Waals surface area contributed by atoms with E-state index in [1.807, 2.05) is 34.9 Å². The molecule has 3 N–H and O–H groups in total. The summed E-state index contributed by atoms with van der Waals surface area (Å²) in [4.78, 5) is 42.8. The van der Waals surface area contributed by atoms with E-state index in [0.29, 0.717) is 34.3 Å². The van der Waals surface area contributed by atoms with Gasteiger partial charge in [0.2, 0.25) is 5.43 Å². The minimum Gasteiger partial charge on any atom is -0.394 e. The highest BCUT2D eigenvalue weighted by atomic mass is 79.9. The number of aliphatic hydroxyl groups excluding tert-OH is 1. The Labute approximate surface area is 238 Å². The van der Waals surface area contributed by atoms with Crippen molar-refractivity contribution in [1.29, 1.82) is 0 Å². The fraction of sp³-hybridized carbons (Fsp3) is 0.207. The summed E-state index contributed by atoms with van der Waals surface area (Å²) in [5.74, 6) is -0.911. The Morgan fingerprint density at radius 1 is 1.02 bits per heavy atom. The number of carbonyl (C=O) groups excluding carboxylic acids is 2. The maximum atomic E-state index is 13.5. The fourth-order valence-corrected chi connectivity index (χ4v) is 4.23. The number of amides is 2. The molecule has 0 aliphatic rings. The van der Waals surface area contributed by atoms with E-state index >= 15 is 0 Å². The third-order valence-electron chi connectivity index (χ3n) is 6.04. The monoisotopic (exact) mass is 605 g/mol. The number of carbonyl (C=O) groups is 2. The molecule has 0 spiro atoms. The van der Waals surface area contributed by atoms with Crippen LogP contribution in [0, 0.1) is 0 Å². The van der Waals surface area contributed by atoms with Crippen molar-refractivity contribution in [2.24, 2.45) is 5.10 Å². The van der Waals surface area contributed by atoms with Gasteiger partial charge in [-0.2, -0.15) is 5.10 Å². The number of halogens is 1. The summed E-state index contributed by atoms with van der Waals surface area (Å²) in [6.07, 6.45) is 4.60. The van der Waals surface area contributed by atoms with Crippen LogP contribution in [0.4, 0.5) is 0 Å². The molecule has 2 aromatic carbocycles. The van der Waals surface area contributed by atoms with Crippen molar-refractivity contribution in [3.8, 4) is 0 Å². The van der Waals surface area contributed by atoms with E-state index in [-0.39, 0.29) is 37.8 Å². The van der Waals surface area contributed by atoms with Crippen molar-refractivity contribution in [3.05, 3.63) is 110 Å². The summed E-state index contributed by atoms with van der Waals surface area (Å²) in [5.41, 5.74) is 5.23. The number of hydrazone groups is 1. The Morgan fingerprint density at radius 2 is 1.77 bits per heavy atom. The third-order valence-corrected chi connectivity index (χ3v) is 6.57. The smallest absolute Gasteiger partial charge is 0.271 e. The van der Waals surface area contributed by atoms with Crippen LogP contribution >= 0.6 is 15.9 Å². The van der Waals surface area contributed by atoms with Gasteiger partial charge in [-0.25, -0.2) is 5.43 Å². The zero-order valence-corrected chi connectivity index (χ0v) is 23.3. The maximum Gasteiger partial charge on any atom is 0.271 e. The molecule has 0 saturated heterocycles. The first-order valence-corrected chi connectivity index (χ1v) is 13.3. The molecule has 2 heterocycles. The predicted octanol–water partition coefficient (Wildman–Crippen LogP) is 3.10. The van der Waals surface area contributed by atoms with Crippen LogP contribution in [0.5, 0.6) is 0 Å². The molecule has 2 amide bonds. The summed E-state index contributed by atoms with van der Waals surface area (Å²) >= 11 is 3.44. The lowest BCUT2D eigenvalue weighted by Crippen LogP contribution is -2.32. The molecule has 0 bridgehead atoms. The summed E-state index contributed by atoms with van der Waals surface area (Å²) in [6, 6.07) is 16.2. The number of aliphatic hydroxyl groups is 1. The summed E-state index contributed by atoms with van der Waals surface area (Å²) in [7, 11) is 0. The molecule has 0 atom stereocenters. The van der Waals surface area contributed by atoms with Gasteiger partial charge < -0.3 is 19.7 Å². The summed E-state index contributed by atoms with van der Waals surface area (Å²) in [6.45, 7) is 2.59. The summed E-state index contributed by atoms with van der Waals surface area (Å²) < 4.78 is 8.00. The number of fused-ring (bicyclic) bond motifs is 1. The molecule has 2 aromatic heterocycles. The average molecular weight is 606 g/mol. The molecule has 4 rings (SSSR count). The Kier molecular flexibility index (Phi) is 9.90. The zero-order chi connectivity index (χ0) is 28.5. The van der Waals surface area contributed by atoms with Gasteiger partial charge in [-0.1, -0.05) is 34.1 Å². The molecule has 0 unspecified atom stereocenters. The number of hydrogen-bond donors (Lipinski definition) is 3. The van der Waals surface area contributed by atoms with Gasteiger partial charge >= 0.3 is 0 Å². The number of rotatable bonds is 11. The quantitative estimate of drug-likeness (QED) is 0.137. The maximum absolute atomic E-state index is 13.5. The second-order valence-corrected chi connectivity index (χ2v) is 9.74. The van der Waals surface area contributed by atoms with E-state index in [2.05, 4.69) is 36.8 Å². The molecule has 206 valence electrons. The van der Waals surface area contributed by atoms with Crippen LogP contribution in [0.2, 0.25) is 0 Å². The highest BCUT2D eigenvalue weighted by molar-refractivity contribution is 9.10. The van der Waals surface area contributed by atoms with Crippen molar-refractivity contribution in [3.63, 3.8) is 0 Å². The van der Waals surface area contributed by atoms with Gasteiger partial charge in [-0.3, -0.25) is 19.4 Å². The average Bonchev–Trinajstić information content (AvgIpc) is 2.98. The van der Waals surface area contributed by atoms with Gasteiger partial charge in [0.25, 0.3) is 11.8 Å². The molecule has 0 saturated carbocycles.